The number of aryl methyl sites for hydroxylation is 1. The number of unbranched alkanes of at least 4 members (excludes halogenated alkanes) is 1. The van der Waals surface area contributed by atoms with Crippen molar-refractivity contribution in [1.29, 1.82) is 0 Å². The molecule has 2 rings (SSSR count). The molecule has 0 bridgehead atoms. The molecular formula is C18H26N4O2S2. The third-order valence-corrected chi connectivity index (χ3v) is 5.58. The zero-order valence-electron chi connectivity index (χ0n) is 15.6. The van der Waals surface area contributed by atoms with Gasteiger partial charge in [0.2, 0.25) is 0 Å². The number of hydrogen-bond donors (Lipinski definition) is 2. The fourth-order valence-electron chi connectivity index (χ4n) is 2.57. The van der Waals surface area contributed by atoms with Gasteiger partial charge >= 0.3 is 6.03 Å². The standard InChI is InChI=1S/C18H26N4O2S2/c1-5-6-11-19-16(23)22(24)15-18(3,4)26-17(25)21(15)20-12-14-9-7-13(2)8-10-14/h7-10,12,15,24H,5-6,11H2,1-4H3,(H,19,23)/b20-12-/t15-/m0/s1. The van der Waals surface area contributed by atoms with E-state index in [-0.39, 0.29) is 0 Å². The van der Waals surface area contributed by atoms with Crippen molar-refractivity contribution in [2.45, 2.75) is 51.4 Å². The van der Waals surface area contributed by atoms with E-state index >= 15 is 0 Å². The Bertz CT molecular complexity index is 676. The second-order valence-electron chi connectivity index (χ2n) is 6.77. The summed E-state index contributed by atoms with van der Waals surface area (Å²) in [5, 5.41) is 19.9. The first kappa shape index (κ1) is 20.7. The van der Waals surface area contributed by atoms with Crippen molar-refractivity contribution in [2.75, 3.05) is 6.54 Å². The Morgan fingerprint density at radius 2 is 2.12 bits per heavy atom. The van der Waals surface area contributed by atoms with Crippen LogP contribution in [0.1, 0.15) is 44.7 Å². The molecule has 0 radical (unpaired) electrons. The Labute approximate surface area is 164 Å². The number of thiocarbonyl (C=S) groups is 1. The molecule has 26 heavy (non-hydrogen) atoms. The third-order valence-electron chi connectivity index (χ3n) is 4.05. The quantitative estimate of drug-likeness (QED) is 0.251. The van der Waals surface area contributed by atoms with Crippen molar-refractivity contribution in [2.24, 2.45) is 5.10 Å². The molecule has 0 saturated carbocycles. The van der Waals surface area contributed by atoms with Crippen LogP contribution < -0.4 is 5.32 Å². The van der Waals surface area contributed by atoms with Gasteiger partial charge in [0.15, 0.2) is 10.5 Å². The van der Waals surface area contributed by atoms with Gasteiger partial charge in [0.1, 0.15) is 0 Å². The first-order valence-electron chi connectivity index (χ1n) is 8.65. The molecule has 1 aromatic rings. The van der Waals surface area contributed by atoms with Gasteiger partial charge in [-0.3, -0.25) is 5.21 Å². The highest BCUT2D eigenvalue weighted by Crippen LogP contribution is 2.42. The minimum atomic E-state index is -0.691. The summed E-state index contributed by atoms with van der Waals surface area (Å²) < 4.78 is 0.0159. The Balaban J connectivity index is 2.18. The predicted molar refractivity (Wildman–Crippen MR) is 111 cm³/mol. The molecule has 2 amide bonds. The number of nitrogens with one attached hydrogen (secondary N) is 1. The van der Waals surface area contributed by atoms with Gasteiger partial charge in [0, 0.05) is 6.54 Å². The lowest BCUT2D eigenvalue weighted by Gasteiger charge is -2.34. The van der Waals surface area contributed by atoms with Gasteiger partial charge in [0.25, 0.3) is 0 Å². The molecular weight excluding hydrogens is 368 g/mol. The van der Waals surface area contributed by atoms with Crippen molar-refractivity contribution >= 4 is 40.5 Å². The summed E-state index contributed by atoms with van der Waals surface area (Å²) in [4.78, 5) is 12.3. The number of carbonyl (C=O) groups excluding carboxylic acids is 1. The number of hydroxylamine groups is 2. The summed E-state index contributed by atoms with van der Waals surface area (Å²) in [6.07, 6.45) is 2.82. The fraction of sp³-hybridized carbons (Fsp3) is 0.500. The van der Waals surface area contributed by atoms with E-state index in [2.05, 4.69) is 10.4 Å². The summed E-state index contributed by atoms with van der Waals surface area (Å²) in [5.74, 6) is 0. The van der Waals surface area contributed by atoms with Crippen molar-refractivity contribution in [3.8, 4) is 0 Å². The fourth-order valence-corrected chi connectivity index (χ4v) is 4.36. The summed E-state index contributed by atoms with van der Waals surface area (Å²) in [5.41, 5.74) is 2.09. The zero-order chi connectivity index (χ0) is 19.3. The van der Waals surface area contributed by atoms with Crippen LogP contribution in [0.2, 0.25) is 0 Å². The maximum atomic E-state index is 12.3. The van der Waals surface area contributed by atoms with E-state index in [4.69, 9.17) is 12.2 Å². The highest BCUT2D eigenvalue weighted by molar-refractivity contribution is 8.24. The van der Waals surface area contributed by atoms with E-state index in [1.807, 2.05) is 52.0 Å². The SMILES string of the molecule is CCCCNC(=O)N(O)[C@@H]1N(/N=C\c2ccc(C)cc2)C(=S)SC1(C)C. The topological polar surface area (TPSA) is 68.2 Å². The maximum Gasteiger partial charge on any atom is 0.343 e. The van der Waals surface area contributed by atoms with E-state index < -0.39 is 16.9 Å². The monoisotopic (exact) mass is 394 g/mol. The lowest BCUT2D eigenvalue weighted by Crippen LogP contribution is -2.55. The van der Waals surface area contributed by atoms with E-state index in [0.29, 0.717) is 15.9 Å². The Morgan fingerprint density at radius 3 is 2.73 bits per heavy atom. The highest BCUT2D eigenvalue weighted by atomic mass is 32.2. The summed E-state index contributed by atoms with van der Waals surface area (Å²) in [6.45, 7) is 8.44. The number of rotatable bonds is 6. The maximum absolute atomic E-state index is 12.3. The predicted octanol–water partition coefficient (Wildman–Crippen LogP) is 3.97. The molecule has 1 heterocycles. The van der Waals surface area contributed by atoms with Gasteiger partial charge in [-0.1, -0.05) is 67.2 Å². The molecule has 1 aliphatic rings. The average molecular weight is 395 g/mol. The average Bonchev–Trinajstić information content (AvgIpc) is 2.81. The van der Waals surface area contributed by atoms with Crippen molar-refractivity contribution in [3.63, 3.8) is 0 Å². The largest absolute Gasteiger partial charge is 0.343 e. The summed E-state index contributed by atoms with van der Waals surface area (Å²) in [7, 11) is 0. The molecule has 1 saturated heterocycles. The molecule has 1 fully saturated rings. The summed E-state index contributed by atoms with van der Waals surface area (Å²) >= 11 is 6.83. The van der Waals surface area contributed by atoms with Gasteiger partial charge in [0.05, 0.1) is 11.0 Å². The van der Waals surface area contributed by atoms with Crippen LogP contribution in [0, 0.1) is 6.92 Å². The van der Waals surface area contributed by atoms with E-state index in [1.165, 1.54) is 22.3 Å². The highest BCUT2D eigenvalue weighted by Gasteiger charge is 2.49. The molecule has 0 spiro atoms. The van der Waals surface area contributed by atoms with Crippen molar-refractivity contribution in [3.05, 3.63) is 35.4 Å². The number of nitrogens with zero attached hydrogens (tertiary/aromatic N) is 3. The Hall–Kier alpha value is -1.64. The minimum absolute atomic E-state index is 0.501. The molecule has 0 unspecified atom stereocenters. The number of thioether (sulfide) groups is 1. The number of hydrazone groups is 1. The molecule has 142 valence electrons. The number of benzene rings is 1. The van der Waals surface area contributed by atoms with Crippen LogP contribution in [0.3, 0.4) is 0 Å². The third kappa shape index (κ3) is 4.96. The van der Waals surface area contributed by atoms with E-state index in [9.17, 15) is 10.0 Å². The van der Waals surface area contributed by atoms with Crippen LogP contribution in [0.5, 0.6) is 0 Å². The Morgan fingerprint density at radius 1 is 1.46 bits per heavy atom. The molecule has 2 N–H and O–H groups in total. The number of amides is 2. The van der Waals surface area contributed by atoms with Gasteiger partial charge in [-0.15, -0.1) is 0 Å². The van der Waals surface area contributed by atoms with Crippen LogP contribution in [0.25, 0.3) is 0 Å². The van der Waals surface area contributed by atoms with Crippen molar-refractivity contribution < 1.29 is 10.0 Å². The van der Waals surface area contributed by atoms with Crippen molar-refractivity contribution in [1.82, 2.24) is 15.4 Å². The van der Waals surface area contributed by atoms with E-state index in [1.54, 1.807) is 6.21 Å². The number of carbonyl (C=O) groups is 1. The molecule has 1 atom stereocenters. The van der Waals surface area contributed by atoms with Crippen LogP contribution in [0.15, 0.2) is 29.4 Å². The first-order valence-corrected chi connectivity index (χ1v) is 9.87. The second-order valence-corrected chi connectivity index (χ2v) is 9.06. The smallest absolute Gasteiger partial charge is 0.336 e. The minimum Gasteiger partial charge on any atom is -0.336 e. The van der Waals surface area contributed by atoms with Crippen LogP contribution in [0.4, 0.5) is 4.79 Å². The van der Waals surface area contributed by atoms with Gasteiger partial charge in [-0.25, -0.2) is 9.80 Å². The van der Waals surface area contributed by atoms with Gasteiger partial charge in [-0.05, 0) is 32.8 Å². The number of urea groups is 1. The van der Waals surface area contributed by atoms with Gasteiger partial charge in [-0.2, -0.15) is 10.2 Å². The summed E-state index contributed by atoms with van der Waals surface area (Å²) in [6, 6.07) is 7.37. The lowest BCUT2D eigenvalue weighted by molar-refractivity contribution is -0.118. The molecule has 0 aromatic heterocycles. The van der Waals surface area contributed by atoms with Crippen LogP contribution >= 0.6 is 24.0 Å². The molecule has 0 aliphatic carbocycles. The van der Waals surface area contributed by atoms with Crippen LogP contribution in [-0.4, -0.2) is 49.3 Å². The second kappa shape index (κ2) is 8.83. The van der Waals surface area contributed by atoms with Gasteiger partial charge < -0.3 is 5.32 Å². The lowest BCUT2D eigenvalue weighted by atomic mass is 10.1. The van der Waals surface area contributed by atoms with Crippen LogP contribution in [-0.2, 0) is 0 Å². The molecule has 6 nitrogen and oxygen atoms in total. The number of hydrogen-bond acceptors (Lipinski definition) is 5. The molecule has 1 aromatic carbocycles. The molecule has 1 aliphatic heterocycles. The normalized spacial score (nSPS) is 19.2. The van der Waals surface area contributed by atoms with E-state index in [0.717, 1.165) is 18.4 Å². The first-order chi connectivity index (χ1) is 12.3. The zero-order valence-corrected chi connectivity index (χ0v) is 17.2. The molecule has 8 heteroatoms. The Kier molecular flexibility index (Phi) is 7.02.